The second-order valence-electron chi connectivity index (χ2n) is 2.38. The van der Waals surface area contributed by atoms with Crippen LogP contribution in [0, 0.1) is 5.92 Å². The van der Waals surface area contributed by atoms with Gasteiger partial charge in [-0.25, -0.2) is 4.39 Å². The highest BCUT2D eigenvalue weighted by Crippen LogP contribution is 2.20. The molecule has 1 aliphatic heterocycles. The molecular formula is C7H10FN. The summed E-state index contributed by atoms with van der Waals surface area (Å²) in [7, 11) is 0. The van der Waals surface area contributed by atoms with Crippen molar-refractivity contribution in [2.75, 3.05) is 0 Å². The van der Waals surface area contributed by atoms with E-state index in [9.17, 15) is 4.39 Å². The first kappa shape index (κ1) is 6.46. The highest BCUT2D eigenvalue weighted by molar-refractivity contribution is 5.73. The Morgan fingerprint density at radius 3 is 2.67 bits per heavy atom. The highest BCUT2D eigenvalue weighted by atomic mass is 19.1. The van der Waals surface area contributed by atoms with Crippen LogP contribution in [0.15, 0.2) is 16.9 Å². The minimum Gasteiger partial charge on any atom is -0.289 e. The maximum atomic E-state index is 12.6. The lowest BCUT2D eigenvalue weighted by Gasteiger charge is -2.16. The van der Waals surface area contributed by atoms with Gasteiger partial charge >= 0.3 is 0 Å². The Morgan fingerprint density at radius 1 is 1.56 bits per heavy atom. The van der Waals surface area contributed by atoms with E-state index in [0.29, 0.717) is 0 Å². The smallest absolute Gasteiger partial charge is 0.106 e. The van der Waals surface area contributed by atoms with Gasteiger partial charge in [-0.15, -0.1) is 0 Å². The summed E-state index contributed by atoms with van der Waals surface area (Å²) in [6.07, 6.45) is 2.95. The summed E-state index contributed by atoms with van der Waals surface area (Å²) in [6, 6.07) is 0.106. The minimum absolute atomic E-state index is 0.0324. The maximum absolute atomic E-state index is 12.6. The van der Waals surface area contributed by atoms with Crippen molar-refractivity contribution in [3.63, 3.8) is 0 Å². The van der Waals surface area contributed by atoms with Gasteiger partial charge in [0.15, 0.2) is 0 Å². The molecule has 0 unspecified atom stereocenters. The van der Waals surface area contributed by atoms with Gasteiger partial charge in [-0.1, -0.05) is 6.92 Å². The van der Waals surface area contributed by atoms with Gasteiger partial charge in [0, 0.05) is 12.1 Å². The molecule has 0 fully saturated rings. The van der Waals surface area contributed by atoms with Crippen LogP contribution in [0.25, 0.3) is 0 Å². The number of rotatable bonds is 0. The molecule has 1 nitrogen and oxygen atoms in total. The molecule has 50 valence electrons. The molecule has 0 aromatic rings. The van der Waals surface area contributed by atoms with Crippen molar-refractivity contribution in [3.05, 3.63) is 11.9 Å². The Balaban J connectivity index is 2.73. The van der Waals surface area contributed by atoms with Gasteiger partial charge < -0.3 is 0 Å². The number of hydrogen-bond donors (Lipinski definition) is 0. The molecule has 0 aliphatic carbocycles. The van der Waals surface area contributed by atoms with E-state index in [1.54, 1.807) is 0 Å². The molecule has 2 atom stereocenters. The molecule has 1 rings (SSSR count). The monoisotopic (exact) mass is 127 g/mol. The quantitative estimate of drug-likeness (QED) is 0.471. The van der Waals surface area contributed by atoms with Crippen LogP contribution in [0.2, 0.25) is 0 Å². The van der Waals surface area contributed by atoms with Crippen molar-refractivity contribution in [1.29, 1.82) is 0 Å². The first-order valence-corrected chi connectivity index (χ1v) is 3.10. The second kappa shape index (κ2) is 2.29. The number of nitrogens with zero attached hydrogens (tertiary/aromatic N) is 1. The first-order chi connectivity index (χ1) is 4.22. The highest BCUT2D eigenvalue weighted by Gasteiger charge is 2.17. The van der Waals surface area contributed by atoms with E-state index in [0.717, 1.165) is 0 Å². The number of aliphatic imine (C=N–C) groups is 1. The molecule has 0 amide bonds. The van der Waals surface area contributed by atoms with Gasteiger partial charge in [0.05, 0.1) is 6.04 Å². The molecule has 0 N–H and O–H groups in total. The SMILES string of the molecule is C[C@@H]1N=CC=C(F)[C@@H]1C. The van der Waals surface area contributed by atoms with Crippen LogP contribution in [-0.2, 0) is 0 Å². The summed E-state index contributed by atoms with van der Waals surface area (Å²) in [6.45, 7) is 3.75. The fourth-order valence-electron chi connectivity index (χ4n) is 0.761. The normalized spacial score (nSPS) is 34.3. The molecule has 0 aromatic carbocycles. The lowest BCUT2D eigenvalue weighted by atomic mass is 10.0. The Kier molecular flexibility index (Phi) is 1.65. The molecular weight excluding hydrogens is 117 g/mol. The third kappa shape index (κ3) is 1.18. The Bertz CT molecular complexity index is 160. The number of dihydropyridines is 1. The molecule has 1 heterocycles. The summed E-state index contributed by atoms with van der Waals surface area (Å²) >= 11 is 0. The van der Waals surface area contributed by atoms with Crippen molar-refractivity contribution in [2.45, 2.75) is 19.9 Å². The summed E-state index contributed by atoms with van der Waals surface area (Å²) < 4.78 is 12.6. The molecule has 9 heavy (non-hydrogen) atoms. The van der Waals surface area contributed by atoms with Crippen LogP contribution in [-0.4, -0.2) is 12.3 Å². The molecule has 0 bridgehead atoms. The zero-order valence-corrected chi connectivity index (χ0v) is 5.63. The van der Waals surface area contributed by atoms with Gasteiger partial charge in [0.1, 0.15) is 5.83 Å². The second-order valence-corrected chi connectivity index (χ2v) is 2.38. The maximum Gasteiger partial charge on any atom is 0.106 e. The molecule has 0 saturated heterocycles. The Morgan fingerprint density at radius 2 is 2.22 bits per heavy atom. The fourth-order valence-corrected chi connectivity index (χ4v) is 0.761. The minimum atomic E-state index is -0.0579. The molecule has 0 saturated carbocycles. The molecule has 0 spiro atoms. The summed E-state index contributed by atoms with van der Waals surface area (Å²) in [5.41, 5.74) is 0. The van der Waals surface area contributed by atoms with Crippen molar-refractivity contribution >= 4 is 6.21 Å². The number of halogens is 1. The van der Waals surface area contributed by atoms with Gasteiger partial charge in [-0.05, 0) is 13.0 Å². The lowest BCUT2D eigenvalue weighted by Crippen LogP contribution is -2.15. The Labute approximate surface area is 54.3 Å². The first-order valence-electron chi connectivity index (χ1n) is 3.10. The largest absolute Gasteiger partial charge is 0.289 e. The van der Waals surface area contributed by atoms with Crippen LogP contribution in [0.5, 0.6) is 0 Å². The standard InChI is InChI=1S/C7H10FN/c1-5-6(2)9-4-3-7(5)8/h3-6H,1-2H3/t5-,6+/m1/s1. The topological polar surface area (TPSA) is 12.4 Å². The summed E-state index contributed by atoms with van der Waals surface area (Å²) in [5.74, 6) is -0.0903. The fraction of sp³-hybridized carbons (Fsp3) is 0.571. The number of hydrogen-bond acceptors (Lipinski definition) is 1. The molecule has 0 radical (unpaired) electrons. The van der Waals surface area contributed by atoms with Crippen LogP contribution >= 0.6 is 0 Å². The zero-order valence-electron chi connectivity index (χ0n) is 5.63. The van der Waals surface area contributed by atoms with Gasteiger partial charge in [0.25, 0.3) is 0 Å². The van der Waals surface area contributed by atoms with Gasteiger partial charge in [0.2, 0.25) is 0 Å². The average Bonchev–Trinajstić information content (AvgIpc) is 1.83. The molecule has 2 heteroatoms. The average molecular weight is 127 g/mol. The van der Waals surface area contributed by atoms with Gasteiger partial charge in [-0.2, -0.15) is 0 Å². The predicted octanol–water partition coefficient (Wildman–Crippen LogP) is 1.95. The van der Waals surface area contributed by atoms with Gasteiger partial charge in [-0.3, -0.25) is 4.99 Å². The van der Waals surface area contributed by atoms with Crippen molar-refractivity contribution in [2.24, 2.45) is 10.9 Å². The van der Waals surface area contributed by atoms with Crippen molar-refractivity contribution in [3.8, 4) is 0 Å². The van der Waals surface area contributed by atoms with Crippen LogP contribution in [0.1, 0.15) is 13.8 Å². The van der Waals surface area contributed by atoms with E-state index in [4.69, 9.17) is 0 Å². The summed E-state index contributed by atoms with van der Waals surface area (Å²) in [4.78, 5) is 4.02. The van der Waals surface area contributed by atoms with E-state index in [2.05, 4.69) is 4.99 Å². The van der Waals surface area contributed by atoms with E-state index < -0.39 is 0 Å². The third-order valence-electron chi connectivity index (χ3n) is 1.71. The Hall–Kier alpha value is -0.660. The zero-order chi connectivity index (χ0) is 6.85. The van der Waals surface area contributed by atoms with E-state index >= 15 is 0 Å². The van der Waals surface area contributed by atoms with Crippen LogP contribution < -0.4 is 0 Å². The lowest BCUT2D eigenvalue weighted by molar-refractivity contribution is 0.437. The predicted molar refractivity (Wildman–Crippen MR) is 36.3 cm³/mol. The number of allylic oxidation sites excluding steroid dienone is 1. The third-order valence-corrected chi connectivity index (χ3v) is 1.71. The molecule has 1 aliphatic rings. The van der Waals surface area contributed by atoms with Crippen molar-refractivity contribution < 1.29 is 4.39 Å². The summed E-state index contributed by atoms with van der Waals surface area (Å²) in [5, 5.41) is 0. The van der Waals surface area contributed by atoms with E-state index in [1.165, 1.54) is 12.3 Å². The van der Waals surface area contributed by atoms with E-state index in [-0.39, 0.29) is 17.8 Å². The van der Waals surface area contributed by atoms with E-state index in [1.807, 2.05) is 13.8 Å². The van der Waals surface area contributed by atoms with Crippen LogP contribution in [0.4, 0.5) is 4.39 Å². The van der Waals surface area contributed by atoms with Crippen LogP contribution in [0.3, 0.4) is 0 Å². The van der Waals surface area contributed by atoms with Crippen molar-refractivity contribution in [1.82, 2.24) is 0 Å². The molecule has 0 aromatic heterocycles.